The molecule has 0 saturated carbocycles. The molecule has 3 heterocycles. The first-order valence-corrected chi connectivity index (χ1v) is 7.39. The molecule has 0 N–H and O–H groups in total. The van der Waals surface area contributed by atoms with Gasteiger partial charge in [-0.2, -0.15) is 5.10 Å². The van der Waals surface area contributed by atoms with E-state index in [1.807, 2.05) is 10.7 Å². The molecule has 19 heavy (non-hydrogen) atoms. The molecule has 0 bridgehead atoms. The summed E-state index contributed by atoms with van der Waals surface area (Å²) < 4.78 is 8.44. The Morgan fingerprint density at radius 1 is 1.47 bits per heavy atom. The van der Waals surface area contributed by atoms with Gasteiger partial charge in [0.05, 0.1) is 23.6 Å². The lowest BCUT2D eigenvalue weighted by Gasteiger charge is -2.32. The van der Waals surface area contributed by atoms with Gasteiger partial charge in [-0.05, 0) is 12.1 Å². The predicted molar refractivity (Wildman–Crippen MR) is 74.4 cm³/mol. The van der Waals surface area contributed by atoms with Crippen molar-refractivity contribution in [2.75, 3.05) is 19.7 Å². The molecular weight excluding hydrogens is 284 g/mol. The van der Waals surface area contributed by atoms with Crippen molar-refractivity contribution in [2.45, 2.75) is 19.2 Å². The average molecular weight is 299 g/mol. The summed E-state index contributed by atoms with van der Waals surface area (Å²) in [5.74, 6) is 0. The van der Waals surface area contributed by atoms with Crippen molar-refractivity contribution < 1.29 is 4.74 Å². The van der Waals surface area contributed by atoms with Gasteiger partial charge in [0.1, 0.15) is 12.7 Å². The molecule has 1 fully saturated rings. The summed E-state index contributed by atoms with van der Waals surface area (Å²) in [5, 5.41) is 4.11. The number of ether oxygens (including phenoxy) is 1. The molecule has 0 amide bonds. The van der Waals surface area contributed by atoms with Gasteiger partial charge >= 0.3 is 0 Å². The highest BCUT2D eigenvalue weighted by Gasteiger charge is 2.21. The van der Waals surface area contributed by atoms with Crippen LogP contribution < -0.4 is 0 Å². The summed E-state index contributed by atoms with van der Waals surface area (Å²) in [4.78, 5) is 7.64. The third-order valence-corrected chi connectivity index (χ3v) is 4.30. The number of halogens is 1. The minimum atomic E-state index is 0.172. The van der Waals surface area contributed by atoms with Crippen LogP contribution in [0, 0.1) is 0 Å². The van der Waals surface area contributed by atoms with Crippen LogP contribution in [0.3, 0.4) is 0 Å². The Balaban J connectivity index is 1.55. The Kier molecular flexibility index (Phi) is 4.12. The molecule has 2 aromatic rings. The molecule has 0 radical (unpaired) electrons. The van der Waals surface area contributed by atoms with E-state index in [9.17, 15) is 0 Å². The third-order valence-electron chi connectivity index (χ3n) is 3.09. The van der Waals surface area contributed by atoms with E-state index < -0.39 is 0 Å². The average Bonchev–Trinajstić information content (AvgIpc) is 3.02. The van der Waals surface area contributed by atoms with Crippen molar-refractivity contribution in [2.24, 2.45) is 0 Å². The number of aromatic nitrogens is 3. The van der Waals surface area contributed by atoms with Crippen LogP contribution in [0.2, 0.25) is 4.34 Å². The van der Waals surface area contributed by atoms with Crippen LogP contribution in [0.25, 0.3) is 0 Å². The highest BCUT2D eigenvalue weighted by molar-refractivity contribution is 7.16. The molecular formula is C12H15ClN4OS. The Morgan fingerprint density at radius 3 is 3.16 bits per heavy atom. The number of morpholine rings is 1. The molecule has 0 spiro atoms. The second-order valence-electron chi connectivity index (χ2n) is 4.55. The maximum atomic E-state index is 5.96. The van der Waals surface area contributed by atoms with Crippen LogP contribution in [0.1, 0.15) is 4.88 Å². The van der Waals surface area contributed by atoms with Crippen molar-refractivity contribution in [3.63, 3.8) is 0 Å². The maximum absolute atomic E-state index is 5.96. The van der Waals surface area contributed by atoms with E-state index >= 15 is 0 Å². The Hall–Kier alpha value is -0.950. The van der Waals surface area contributed by atoms with Crippen LogP contribution in [0.15, 0.2) is 24.8 Å². The predicted octanol–water partition coefficient (Wildman–Crippen LogP) is 1.89. The van der Waals surface area contributed by atoms with Gasteiger partial charge in [0.15, 0.2) is 0 Å². The standard InChI is InChI=1S/C12H15ClN4OS/c13-12-2-1-11(19-12)7-16-3-4-18-10(5-16)6-17-9-14-8-15-17/h1-2,8-10H,3-7H2. The molecule has 3 rings (SSSR count). The molecule has 5 nitrogen and oxygen atoms in total. The smallest absolute Gasteiger partial charge is 0.137 e. The molecule has 1 aliphatic heterocycles. The van der Waals surface area contributed by atoms with Gasteiger partial charge in [-0.25, -0.2) is 4.98 Å². The maximum Gasteiger partial charge on any atom is 0.137 e. The Bertz CT molecular complexity index is 516. The van der Waals surface area contributed by atoms with Gasteiger partial charge in [-0.3, -0.25) is 9.58 Å². The third kappa shape index (κ3) is 3.54. The highest BCUT2D eigenvalue weighted by Crippen LogP contribution is 2.23. The van der Waals surface area contributed by atoms with Crippen LogP contribution in [-0.4, -0.2) is 45.5 Å². The molecule has 1 aliphatic rings. The Labute approximate surface area is 120 Å². The van der Waals surface area contributed by atoms with Crippen molar-refractivity contribution in [3.8, 4) is 0 Å². The van der Waals surface area contributed by atoms with Crippen molar-refractivity contribution in [1.82, 2.24) is 19.7 Å². The van der Waals surface area contributed by atoms with E-state index in [2.05, 4.69) is 21.0 Å². The number of rotatable bonds is 4. The van der Waals surface area contributed by atoms with Gasteiger partial charge in [0.2, 0.25) is 0 Å². The van der Waals surface area contributed by atoms with Gasteiger partial charge in [-0.1, -0.05) is 11.6 Å². The first-order chi connectivity index (χ1) is 9.29. The van der Waals surface area contributed by atoms with E-state index in [0.717, 1.165) is 37.1 Å². The molecule has 102 valence electrons. The fraction of sp³-hybridized carbons (Fsp3) is 0.500. The number of thiophene rings is 1. The van der Waals surface area contributed by atoms with E-state index in [0.29, 0.717) is 0 Å². The number of hydrogen-bond donors (Lipinski definition) is 0. The monoisotopic (exact) mass is 298 g/mol. The molecule has 2 aromatic heterocycles. The largest absolute Gasteiger partial charge is 0.374 e. The second-order valence-corrected chi connectivity index (χ2v) is 6.35. The first-order valence-electron chi connectivity index (χ1n) is 6.20. The lowest BCUT2D eigenvalue weighted by atomic mass is 10.2. The number of hydrogen-bond acceptors (Lipinski definition) is 5. The van der Waals surface area contributed by atoms with Gasteiger partial charge in [0, 0.05) is 24.5 Å². The zero-order valence-corrected chi connectivity index (χ0v) is 12.0. The fourth-order valence-electron chi connectivity index (χ4n) is 2.23. The lowest BCUT2D eigenvalue weighted by molar-refractivity contribution is -0.0399. The summed E-state index contributed by atoms with van der Waals surface area (Å²) in [5.41, 5.74) is 0. The molecule has 7 heteroatoms. The van der Waals surface area contributed by atoms with Crippen LogP contribution in [-0.2, 0) is 17.8 Å². The molecule has 1 unspecified atom stereocenters. The fourth-order valence-corrected chi connectivity index (χ4v) is 3.36. The number of nitrogens with zero attached hydrogens (tertiary/aromatic N) is 4. The molecule has 1 saturated heterocycles. The van der Waals surface area contributed by atoms with Gasteiger partial charge in [-0.15, -0.1) is 11.3 Å². The van der Waals surface area contributed by atoms with E-state index in [-0.39, 0.29) is 6.10 Å². The summed E-state index contributed by atoms with van der Waals surface area (Å²) in [6.07, 6.45) is 3.45. The van der Waals surface area contributed by atoms with E-state index in [4.69, 9.17) is 16.3 Å². The van der Waals surface area contributed by atoms with E-state index in [1.54, 1.807) is 24.0 Å². The molecule has 1 atom stereocenters. The summed E-state index contributed by atoms with van der Waals surface area (Å²) in [7, 11) is 0. The SMILES string of the molecule is Clc1ccc(CN2CCOC(Cn3cncn3)C2)s1. The second kappa shape index (κ2) is 6.00. The molecule has 0 aliphatic carbocycles. The van der Waals surface area contributed by atoms with Crippen LogP contribution in [0.5, 0.6) is 0 Å². The summed E-state index contributed by atoms with van der Waals surface area (Å²) >= 11 is 7.60. The van der Waals surface area contributed by atoms with Crippen LogP contribution >= 0.6 is 22.9 Å². The van der Waals surface area contributed by atoms with E-state index in [1.165, 1.54) is 4.88 Å². The Morgan fingerprint density at radius 2 is 2.42 bits per heavy atom. The van der Waals surface area contributed by atoms with Crippen LogP contribution in [0.4, 0.5) is 0 Å². The minimum Gasteiger partial charge on any atom is -0.374 e. The van der Waals surface area contributed by atoms with Crippen molar-refractivity contribution >= 4 is 22.9 Å². The summed E-state index contributed by atoms with van der Waals surface area (Å²) in [6.45, 7) is 4.33. The van der Waals surface area contributed by atoms with Gasteiger partial charge in [0.25, 0.3) is 0 Å². The highest BCUT2D eigenvalue weighted by atomic mass is 35.5. The van der Waals surface area contributed by atoms with Gasteiger partial charge < -0.3 is 4.74 Å². The summed E-state index contributed by atoms with van der Waals surface area (Å²) in [6, 6.07) is 4.05. The first kappa shape index (κ1) is 13.1. The molecule has 0 aromatic carbocycles. The topological polar surface area (TPSA) is 43.2 Å². The normalized spacial score (nSPS) is 20.8. The zero-order chi connectivity index (χ0) is 13.1. The minimum absolute atomic E-state index is 0.172. The quantitative estimate of drug-likeness (QED) is 0.864. The zero-order valence-electron chi connectivity index (χ0n) is 10.4. The van der Waals surface area contributed by atoms with Crippen molar-refractivity contribution in [3.05, 3.63) is 34.0 Å². The lowest BCUT2D eigenvalue weighted by Crippen LogP contribution is -2.43. The van der Waals surface area contributed by atoms with Crippen molar-refractivity contribution in [1.29, 1.82) is 0 Å².